The molecule has 0 radical (unpaired) electrons. The van der Waals surface area contributed by atoms with Crippen LogP contribution in [-0.2, 0) is 11.8 Å². The van der Waals surface area contributed by atoms with Crippen LogP contribution >= 0.6 is 0 Å². The van der Waals surface area contributed by atoms with Crippen LogP contribution in [0.3, 0.4) is 0 Å². The lowest BCUT2D eigenvalue weighted by atomic mass is 9.61. The molecule has 51 heavy (non-hydrogen) atoms. The van der Waals surface area contributed by atoms with Gasteiger partial charge >= 0.3 is 0 Å². The first-order valence-electron chi connectivity index (χ1n) is 18.4. The Balaban J connectivity index is 1.23. The Labute approximate surface area is 301 Å². The highest BCUT2D eigenvalue weighted by atomic mass is 15.2. The molecule has 0 bridgehead atoms. The van der Waals surface area contributed by atoms with E-state index < -0.39 is 5.41 Å². The molecule has 0 N–H and O–H groups in total. The van der Waals surface area contributed by atoms with Crippen LogP contribution in [0.15, 0.2) is 193 Å². The van der Waals surface area contributed by atoms with Crippen molar-refractivity contribution in [3.05, 3.63) is 232 Å². The maximum Gasteiger partial charge on any atom is 0.0719 e. The summed E-state index contributed by atoms with van der Waals surface area (Å²) in [6.07, 6.45) is 16.1. The normalized spacial score (nSPS) is 17.7. The highest BCUT2D eigenvalue weighted by molar-refractivity contribution is 5.90. The predicted octanol–water partition coefficient (Wildman–Crippen LogP) is 12.4. The molecule has 6 aromatic rings. The molecule has 1 nitrogen and oxygen atoms in total. The second kappa shape index (κ2) is 12.1. The lowest BCUT2D eigenvalue weighted by molar-refractivity contribution is 0.710. The summed E-state index contributed by atoms with van der Waals surface area (Å²) < 4.78 is 0. The van der Waals surface area contributed by atoms with Gasteiger partial charge in [-0.25, -0.2) is 0 Å². The van der Waals surface area contributed by atoms with Crippen molar-refractivity contribution in [2.24, 2.45) is 5.92 Å². The molecule has 1 spiro atoms. The lowest BCUT2D eigenvalue weighted by Gasteiger charge is -2.41. The summed E-state index contributed by atoms with van der Waals surface area (Å²) in [7, 11) is 0. The standard InChI is InChI=1S/C50H39N/c1-4-16-35(17-5-1)37-28-31-49(44(33-37)36-18-6-2-7-19-36)51(40-22-8-3-9-23-40)41-29-30-43-42-24-12-15-27-47(42)50(48(43)34-41)45-25-13-10-20-38(45)32-39-21-11-14-26-46(39)50/h1,3-6,8-31,34,44H,2,7,32-33H2. The highest BCUT2D eigenvalue weighted by Crippen LogP contribution is 2.60. The van der Waals surface area contributed by atoms with Gasteiger partial charge in [-0.2, -0.15) is 0 Å². The second-order valence-electron chi connectivity index (χ2n) is 14.3. The third-order valence-electron chi connectivity index (χ3n) is 11.6. The summed E-state index contributed by atoms with van der Waals surface area (Å²) in [5.41, 5.74) is 18.4. The van der Waals surface area contributed by atoms with Gasteiger partial charge in [-0.15, -0.1) is 0 Å². The van der Waals surface area contributed by atoms with E-state index in [1.54, 1.807) is 0 Å². The zero-order valence-electron chi connectivity index (χ0n) is 28.7. The number of hydrogen-bond donors (Lipinski definition) is 0. The fourth-order valence-corrected chi connectivity index (χ4v) is 9.41. The SMILES string of the molecule is C1=CC(C2CC(c3ccccc3)=CC=C2N(c2ccccc2)c2ccc3c(c2)C2(c4ccccc4Cc4ccccc42)c2ccccc2-3)=CCC1. The minimum Gasteiger partial charge on any atom is -0.314 e. The Bertz CT molecular complexity index is 2380. The molecular formula is C50H39N. The summed E-state index contributed by atoms with van der Waals surface area (Å²) in [6, 6.07) is 56.7. The maximum atomic E-state index is 2.55. The maximum absolute atomic E-state index is 2.55. The molecule has 0 fully saturated rings. The minimum atomic E-state index is -0.398. The van der Waals surface area contributed by atoms with Crippen LogP contribution in [0.4, 0.5) is 11.4 Å². The predicted molar refractivity (Wildman–Crippen MR) is 212 cm³/mol. The van der Waals surface area contributed by atoms with Crippen LogP contribution < -0.4 is 4.90 Å². The van der Waals surface area contributed by atoms with Crippen molar-refractivity contribution in [2.45, 2.75) is 31.1 Å². The minimum absolute atomic E-state index is 0.220. The van der Waals surface area contributed by atoms with Gasteiger partial charge in [0.1, 0.15) is 0 Å². The Morgan fingerprint density at radius 2 is 1.18 bits per heavy atom. The van der Waals surface area contributed by atoms with Gasteiger partial charge in [0.15, 0.2) is 0 Å². The summed E-state index contributed by atoms with van der Waals surface area (Å²) in [5, 5.41) is 0. The molecule has 244 valence electrons. The Kier molecular flexibility index (Phi) is 7.13. The van der Waals surface area contributed by atoms with Gasteiger partial charge in [0.25, 0.3) is 0 Å². The van der Waals surface area contributed by atoms with Gasteiger partial charge in [0.2, 0.25) is 0 Å². The molecule has 0 aromatic heterocycles. The van der Waals surface area contributed by atoms with Crippen molar-refractivity contribution < 1.29 is 0 Å². The van der Waals surface area contributed by atoms with Crippen molar-refractivity contribution in [3.8, 4) is 11.1 Å². The van der Waals surface area contributed by atoms with Gasteiger partial charge in [0.05, 0.1) is 5.41 Å². The molecule has 0 aliphatic heterocycles. The van der Waals surface area contributed by atoms with Crippen molar-refractivity contribution in [1.29, 1.82) is 0 Å². The summed E-state index contributed by atoms with van der Waals surface area (Å²) in [6.45, 7) is 0. The van der Waals surface area contributed by atoms with E-state index in [1.165, 1.54) is 78.3 Å². The molecule has 6 aromatic carbocycles. The van der Waals surface area contributed by atoms with E-state index in [-0.39, 0.29) is 5.92 Å². The van der Waals surface area contributed by atoms with Crippen molar-refractivity contribution in [2.75, 3.05) is 4.90 Å². The first-order valence-corrected chi connectivity index (χ1v) is 18.4. The number of fused-ring (bicyclic) bond motifs is 9. The number of allylic oxidation sites excluding steroid dienone is 7. The van der Waals surface area contributed by atoms with E-state index in [1.807, 2.05) is 0 Å². The summed E-state index contributed by atoms with van der Waals surface area (Å²) in [4.78, 5) is 2.55. The molecule has 0 saturated carbocycles. The average molecular weight is 654 g/mol. The second-order valence-corrected chi connectivity index (χ2v) is 14.3. The molecule has 4 aliphatic rings. The number of nitrogens with zero attached hydrogens (tertiary/aromatic N) is 1. The van der Waals surface area contributed by atoms with E-state index >= 15 is 0 Å². The molecule has 0 saturated heterocycles. The van der Waals surface area contributed by atoms with Crippen LogP contribution in [0.25, 0.3) is 16.7 Å². The molecule has 1 unspecified atom stereocenters. The van der Waals surface area contributed by atoms with Gasteiger partial charge in [0, 0.05) is 23.0 Å². The summed E-state index contributed by atoms with van der Waals surface area (Å²) in [5.74, 6) is 0.220. The van der Waals surface area contributed by atoms with Crippen LogP contribution in [0.1, 0.15) is 58.2 Å². The van der Waals surface area contributed by atoms with E-state index in [0.29, 0.717) is 0 Å². The van der Waals surface area contributed by atoms with E-state index in [0.717, 1.165) is 25.7 Å². The highest BCUT2D eigenvalue weighted by Gasteiger charge is 2.50. The van der Waals surface area contributed by atoms with Crippen molar-refractivity contribution in [3.63, 3.8) is 0 Å². The number of para-hydroxylation sites is 1. The van der Waals surface area contributed by atoms with Crippen LogP contribution in [0.5, 0.6) is 0 Å². The van der Waals surface area contributed by atoms with Gasteiger partial charge < -0.3 is 4.90 Å². The van der Waals surface area contributed by atoms with Crippen molar-refractivity contribution in [1.82, 2.24) is 0 Å². The largest absolute Gasteiger partial charge is 0.314 e. The van der Waals surface area contributed by atoms with E-state index in [9.17, 15) is 0 Å². The first-order chi connectivity index (χ1) is 25.3. The zero-order valence-corrected chi connectivity index (χ0v) is 28.7. The molecule has 4 aliphatic carbocycles. The Morgan fingerprint density at radius 1 is 0.529 bits per heavy atom. The monoisotopic (exact) mass is 653 g/mol. The lowest BCUT2D eigenvalue weighted by Crippen LogP contribution is -2.34. The molecule has 1 heteroatoms. The average Bonchev–Trinajstić information content (AvgIpc) is 3.49. The Hall–Kier alpha value is -5.92. The number of rotatable bonds is 5. The topological polar surface area (TPSA) is 3.24 Å². The number of anilines is 2. The van der Waals surface area contributed by atoms with Gasteiger partial charge in [-0.05, 0) is 117 Å². The Morgan fingerprint density at radius 3 is 1.90 bits per heavy atom. The fraction of sp³-hybridized carbons (Fsp3) is 0.120. The summed E-state index contributed by atoms with van der Waals surface area (Å²) >= 11 is 0. The molecule has 1 atom stereocenters. The van der Waals surface area contributed by atoms with Gasteiger partial charge in [-0.1, -0.05) is 152 Å². The molecule has 0 heterocycles. The molecular weight excluding hydrogens is 615 g/mol. The number of benzene rings is 6. The quantitative estimate of drug-likeness (QED) is 0.179. The zero-order chi connectivity index (χ0) is 33.8. The van der Waals surface area contributed by atoms with Crippen molar-refractivity contribution >= 4 is 16.9 Å². The van der Waals surface area contributed by atoms with Crippen LogP contribution in [-0.4, -0.2) is 0 Å². The fourth-order valence-electron chi connectivity index (χ4n) is 9.41. The van der Waals surface area contributed by atoms with Crippen LogP contribution in [0.2, 0.25) is 0 Å². The van der Waals surface area contributed by atoms with Gasteiger partial charge in [-0.3, -0.25) is 0 Å². The van der Waals surface area contributed by atoms with E-state index in [4.69, 9.17) is 0 Å². The molecule has 10 rings (SSSR count). The first kappa shape index (κ1) is 29.9. The number of hydrogen-bond acceptors (Lipinski definition) is 1. The third kappa shape index (κ3) is 4.68. The van der Waals surface area contributed by atoms with Crippen LogP contribution in [0, 0.1) is 5.92 Å². The molecule has 0 amide bonds. The smallest absolute Gasteiger partial charge is 0.0719 e. The third-order valence-corrected chi connectivity index (χ3v) is 11.6. The van der Waals surface area contributed by atoms with E-state index in [2.05, 4.69) is 187 Å².